The number of anilines is 2. The number of hydrogen-bond acceptors (Lipinski definition) is 3. The van der Waals surface area contributed by atoms with Gasteiger partial charge in [-0.1, -0.05) is 60.1 Å². The molecular formula is C23H19ClN4O2. The summed E-state index contributed by atoms with van der Waals surface area (Å²) >= 11 is 6.24. The molecule has 4 rings (SSSR count). The first-order chi connectivity index (χ1) is 14.5. The largest absolute Gasteiger partial charge is 0.321 e. The lowest BCUT2D eigenvalue weighted by Crippen LogP contribution is -2.47. The third-order valence-electron chi connectivity index (χ3n) is 4.74. The maximum atomic E-state index is 13.1. The van der Waals surface area contributed by atoms with E-state index in [1.54, 1.807) is 37.4 Å². The monoisotopic (exact) mass is 418 g/mol. The lowest BCUT2D eigenvalue weighted by molar-refractivity contribution is -0.119. The van der Waals surface area contributed by atoms with Gasteiger partial charge >= 0.3 is 6.03 Å². The van der Waals surface area contributed by atoms with Crippen molar-refractivity contribution in [3.8, 4) is 0 Å². The van der Waals surface area contributed by atoms with Crippen LogP contribution in [0.1, 0.15) is 11.1 Å². The van der Waals surface area contributed by atoms with Crippen molar-refractivity contribution in [2.24, 2.45) is 4.99 Å². The summed E-state index contributed by atoms with van der Waals surface area (Å²) in [6, 6.07) is 23.3. The quantitative estimate of drug-likeness (QED) is 0.665. The van der Waals surface area contributed by atoms with Gasteiger partial charge in [-0.25, -0.2) is 9.79 Å². The van der Waals surface area contributed by atoms with Gasteiger partial charge in [0.05, 0.1) is 11.4 Å². The molecule has 6 nitrogen and oxygen atoms in total. The number of hydrogen-bond donors (Lipinski definition) is 2. The highest BCUT2D eigenvalue weighted by molar-refractivity contribution is 6.32. The van der Waals surface area contributed by atoms with Crippen LogP contribution in [-0.2, 0) is 4.79 Å². The van der Waals surface area contributed by atoms with Crippen molar-refractivity contribution < 1.29 is 9.59 Å². The van der Waals surface area contributed by atoms with Gasteiger partial charge in [0.2, 0.25) is 6.17 Å². The van der Waals surface area contributed by atoms with Gasteiger partial charge in [0, 0.05) is 28.9 Å². The molecule has 2 N–H and O–H groups in total. The zero-order valence-electron chi connectivity index (χ0n) is 16.2. The van der Waals surface area contributed by atoms with Crippen molar-refractivity contribution in [2.45, 2.75) is 6.17 Å². The highest BCUT2D eigenvalue weighted by atomic mass is 35.5. The number of aliphatic imine (C=N–C) groups is 1. The molecule has 0 bridgehead atoms. The van der Waals surface area contributed by atoms with Crippen molar-refractivity contribution in [3.63, 3.8) is 0 Å². The summed E-state index contributed by atoms with van der Waals surface area (Å²) in [5.41, 5.74) is 3.40. The van der Waals surface area contributed by atoms with E-state index in [2.05, 4.69) is 15.6 Å². The Morgan fingerprint density at radius 2 is 1.67 bits per heavy atom. The molecule has 30 heavy (non-hydrogen) atoms. The Labute approximate surface area is 179 Å². The number of nitrogens with zero attached hydrogens (tertiary/aromatic N) is 2. The van der Waals surface area contributed by atoms with Gasteiger partial charge in [-0.15, -0.1) is 0 Å². The molecule has 0 spiro atoms. The van der Waals surface area contributed by atoms with Crippen LogP contribution in [0.25, 0.3) is 0 Å². The number of carbonyl (C=O) groups excluding carboxylic acids is 2. The van der Waals surface area contributed by atoms with E-state index in [0.29, 0.717) is 22.1 Å². The van der Waals surface area contributed by atoms with E-state index in [1.165, 1.54) is 4.90 Å². The van der Waals surface area contributed by atoms with E-state index in [0.717, 1.165) is 11.1 Å². The molecule has 1 aliphatic rings. The van der Waals surface area contributed by atoms with E-state index >= 15 is 0 Å². The van der Waals surface area contributed by atoms with Crippen LogP contribution < -0.4 is 15.5 Å². The summed E-state index contributed by atoms with van der Waals surface area (Å²) in [7, 11) is 1.66. The Balaban J connectivity index is 1.73. The lowest BCUT2D eigenvalue weighted by atomic mass is 10.0. The number of fused-ring (bicyclic) bond motifs is 1. The maximum absolute atomic E-state index is 13.1. The number of urea groups is 1. The standard InChI is InChI=1S/C23H19ClN4O2/c1-28-19-13-12-16(24)14-18(19)20(15-8-4-2-5-9-15)26-21(22(28)29)27-23(30)25-17-10-6-3-7-11-17/h2-14,21H,1H3,(H2,25,27,30). The second-order valence-corrected chi connectivity index (χ2v) is 7.21. The van der Waals surface area contributed by atoms with E-state index < -0.39 is 12.2 Å². The van der Waals surface area contributed by atoms with Gasteiger partial charge in [0.1, 0.15) is 0 Å². The Morgan fingerprint density at radius 3 is 2.37 bits per heavy atom. The number of benzodiazepines with no additional fused rings is 1. The molecule has 0 aromatic heterocycles. The minimum Gasteiger partial charge on any atom is -0.311 e. The lowest BCUT2D eigenvalue weighted by Gasteiger charge is -2.21. The summed E-state index contributed by atoms with van der Waals surface area (Å²) < 4.78 is 0. The summed E-state index contributed by atoms with van der Waals surface area (Å²) in [4.78, 5) is 31.8. The van der Waals surface area contributed by atoms with Gasteiger partial charge in [-0.2, -0.15) is 0 Å². The molecule has 0 aliphatic carbocycles. The molecule has 7 heteroatoms. The first-order valence-corrected chi connectivity index (χ1v) is 9.74. The Bertz CT molecular complexity index is 1120. The molecule has 0 saturated heterocycles. The van der Waals surface area contributed by atoms with Crippen LogP contribution in [0.2, 0.25) is 5.02 Å². The number of halogens is 1. The van der Waals surface area contributed by atoms with E-state index in [-0.39, 0.29) is 5.91 Å². The second kappa shape index (κ2) is 8.39. The van der Waals surface area contributed by atoms with Crippen LogP contribution in [0.5, 0.6) is 0 Å². The molecule has 1 atom stereocenters. The average Bonchev–Trinajstić information content (AvgIpc) is 2.85. The minimum atomic E-state index is -1.10. The van der Waals surface area contributed by atoms with Crippen molar-refractivity contribution >= 4 is 40.6 Å². The highest BCUT2D eigenvalue weighted by Crippen LogP contribution is 2.29. The first-order valence-electron chi connectivity index (χ1n) is 9.36. The van der Waals surface area contributed by atoms with Crippen LogP contribution in [0.3, 0.4) is 0 Å². The number of likely N-dealkylation sites (N-methyl/N-ethyl adjacent to an activating group) is 1. The normalized spacial score (nSPS) is 15.7. The number of benzene rings is 3. The summed E-state index contributed by atoms with van der Waals surface area (Å²) in [5, 5.41) is 5.93. The van der Waals surface area contributed by atoms with E-state index in [1.807, 2.05) is 48.5 Å². The fourth-order valence-corrected chi connectivity index (χ4v) is 3.45. The Kier molecular flexibility index (Phi) is 5.50. The van der Waals surface area contributed by atoms with Gasteiger partial charge in [0.15, 0.2) is 0 Å². The van der Waals surface area contributed by atoms with Crippen LogP contribution in [0.15, 0.2) is 83.9 Å². The molecule has 1 heterocycles. The Morgan fingerprint density at radius 1 is 1.00 bits per heavy atom. The molecule has 3 aromatic carbocycles. The molecule has 0 saturated carbocycles. The molecule has 0 fully saturated rings. The first kappa shape index (κ1) is 19.7. The molecule has 150 valence electrons. The fraction of sp³-hybridized carbons (Fsp3) is 0.0870. The zero-order chi connectivity index (χ0) is 21.1. The highest BCUT2D eigenvalue weighted by Gasteiger charge is 2.31. The van der Waals surface area contributed by atoms with Crippen LogP contribution in [0.4, 0.5) is 16.2 Å². The summed E-state index contributed by atoms with van der Waals surface area (Å²) in [6.07, 6.45) is -1.10. The predicted molar refractivity (Wildman–Crippen MR) is 119 cm³/mol. The van der Waals surface area contributed by atoms with Crippen molar-refractivity contribution in [1.82, 2.24) is 5.32 Å². The van der Waals surface area contributed by atoms with Gasteiger partial charge < -0.3 is 15.5 Å². The number of rotatable bonds is 3. The number of carbonyl (C=O) groups is 2. The molecule has 0 radical (unpaired) electrons. The molecular weight excluding hydrogens is 400 g/mol. The molecule has 3 aromatic rings. The van der Waals surface area contributed by atoms with Crippen LogP contribution in [0, 0.1) is 0 Å². The van der Waals surface area contributed by atoms with Crippen molar-refractivity contribution in [2.75, 3.05) is 17.3 Å². The van der Waals surface area contributed by atoms with Crippen molar-refractivity contribution in [1.29, 1.82) is 0 Å². The van der Waals surface area contributed by atoms with Crippen LogP contribution >= 0.6 is 11.6 Å². The zero-order valence-corrected chi connectivity index (χ0v) is 16.9. The van der Waals surface area contributed by atoms with E-state index in [4.69, 9.17) is 11.6 Å². The second-order valence-electron chi connectivity index (χ2n) is 6.77. The number of amides is 3. The predicted octanol–water partition coefficient (Wildman–Crippen LogP) is 4.30. The summed E-state index contributed by atoms with van der Waals surface area (Å²) in [5.74, 6) is -0.354. The average molecular weight is 419 g/mol. The Hall–Kier alpha value is -3.64. The van der Waals surface area contributed by atoms with Gasteiger partial charge in [-0.05, 0) is 30.3 Å². The topological polar surface area (TPSA) is 73.8 Å². The molecule has 3 amide bonds. The third kappa shape index (κ3) is 4.04. The fourth-order valence-electron chi connectivity index (χ4n) is 3.28. The maximum Gasteiger partial charge on any atom is 0.321 e. The molecule has 1 unspecified atom stereocenters. The van der Waals surface area contributed by atoms with Gasteiger partial charge in [0.25, 0.3) is 5.91 Å². The van der Waals surface area contributed by atoms with Crippen molar-refractivity contribution in [3.05, 3.63) is 95.0 Å². The minimum absolute atomic E-state index is 0.354. The molecule has 1 aliphatic heterocycles. The SMILES string of the molecule is CN1C(=O)C(NC(=O)Nc2ccccc2)N=C(c2ccccc2)c2cc(Cl)ccc21. The van der Waals surface area contributed by atoms with E-state index in [9.17, 15) is 9.59 Å². The smallest absolute Gasteiger partial charge is 0.311 e. The summed E-state index contributed by atoms with van der Waals surface area (Å²) in [6.45, 7) is 0. The van der Waals surface area contributed by atoms with Crippen LogP contribution in [-0.4, -0.2) is 30.9 Å². The van der Waals surface area contributed by atoms with Gasteiger partial charge in [-0.3, -0.25) is 4.79 Å². The third-order valence-corrected chi connectivity index (χ3v) is 4.98. The number of para-hydroxylation sites is 1. The number of nitrogens with one attached hydrogen (secondary N) is 2.